The summed E-state index contributed by atoms with van der Waals surface area (Å²) in [6.45, 7) is 1.52. The van der Waals surface area contributed by atoms with Crippen LogP contribution in [-0.2, 0) is 15.8 Å². The third kappa shape index (κ3) is 5.70. The van der Waals surface area contributed by atoms with Crippen LogP contribution in [0.3, 0.4) is 0 Å². The molecule has 0 unspecified atom stereocenters. The standard InChI is InChI=1S/C20H28F3N3O2/c1-14(19(28)26(3)15-9-5-4-6-10-15)25(2)13-18(27)24-17-12-8-7-11-16(17)20(21,22)23/h7-8,11-12,14-15H,4-6,9-10,13H2,1-3H3,(H,24,27)/t14-/m1/s1. The Hall–Kier alpha value is -2.09. The lowest BCUT2D eigenvalue weighted by Crippen LogP contribution is -2.49. The van der Waals surface area contributed by atoms with Gasteiger partial charge in [0.05, 0.1) is 23.8 Å². The van der Waals surface area contributed by atoms with Gasteiger partial charge in [-0.3, -0.25) is 14.5 Å². The van der Waals surface area contributed by atoms with E-state index in [1.165, 1.54) is 24.6 Å². The average Bonchev–Trinajstić information content (AvgIpc) is 2.66. The summed E-state index contributed by atoms with van der Waals surface area (Å²) >= 11 is 0. The van der Waals surface area contributed by atoms with Crippen molar-refractivity contribution in [3.05, 3.63) is 29.8 Å². The molecule has 0 aliphatic heterocycles. The molecular weight excluding hydrogens is 371 g/mol. The third-order valence-electron chi connectivity index (χ3n) is 5.39. The van der Waals surface area contributed by atoms with Crippen molar-refractivity contribution < 1.29 is 22.8 Å². The third-order valence-corrected chi connectivity index (χ3v) is 5.39. The molecule has 1 aromatic carbocycles. The predicted octanol–water partition coefficient (Wildman–Crippen LogP) is 3.76. The summed E-state index contributed by atoms with van der Waals surface area (Å²) in [7, 11) is 3.40. The van der Waals surface area contributed by atoms with E-state index in [1.54, 1.807) is 30.8 Å². The number of benzene rings is 1. The maximum Gasteiger partial charge on any atom is 0.418 e. The number of nitrogens with one attached hydrogen (secondary N) is 1. The summed E-state index contributed by atoms with van der Waals surface area (Å²) < 4.78 is 39.1. The number of carbonyl (C=O) groups excluding carboxylic acids is 2. The first kappa shape index (κ1) is 22.2. The molecule has 1 N–H and O–H groups in total. The van der Waals surface area contributed by atoms with Crippen molar-refractivity contribution in [2.75, 3.05) is 26.0 Å². The largest absolute Gasteiger partial charge is 0.418 e. The number of para-hydroxylation sites is 1. The van der Waals surface area contributed by atoms with E-state index in [9.17, 15) is 22.8 Å². The molecule has 156 valence electrons. The molecule has 8 heteroatoms. The molecule has 0 saturated heterocycles. The highest BCUT2D eigenvalue weighted by Gasteiger charge is 2.34. The number of hydrogen-bond donors (Lipinski definition) is 1. The fourth-order valence-corrected chi connectivity index (χ4v) is 3.52. The van der Waals surface area contributed by atoms with Crippen molar-refractivity contribution in [2.24, 2.45) is 0 Å². The molecule has 0 spiro atoms. The first-order valence-corrected chi connectivity index (χ1v) is 9.54. The van der Waals surface area contributed by atoms with Crippen molar-refractivity contribution >= 4 is 17.5 Å². The number of hydrogen-bond acceptors (Lipinski definition) is 3. The van der Waals surface area contributed by atoms with Gasteiger partial charge in [0.2, 0.25) is 11.8 Å². The average molecular weight is 399 g/mol. The molecule has 1 aromatic rings. The zero-order valence-electron chi connectivity index (χ0n) is 16.6. The molecule has 1 aliphatic carbocycles. The van der Waals surface area contributed by atoms with Crippen LogP contribution in [0, 0.1) is 0 Å². The van der Waals surface area contributed by atoms with Gasteiger partial charge in [-0.25, -0.2) is 0 Å². The van der Waals surface area contributed by atoms with Crippen LogP contribution in [0.4, 0.5) is 18.9 Å². The van der Waals surface area contributed by atoms with E-state index in [-0.39, 0.29) is 24.2 Å². The van der Waals surface area contributed by atoms with Crippen LogP contribution in [0.1, 0.15) is 44.6 Å². The minimum absolute atomic E-state index is 0.0853. The van der Waals surface area contributed by atoms with Gasteiger partial charge in [-0.05, 0) is 38.9 Å². The molecule has 0 radical (unpaired) electrons. The van der Waals surface area contributed by atoms with Gasteiger partial charge in [-0.15, -0.1) is 0 Å². The highest BCUT2D eigenvalue weighted by molar-refractivity contribution is 5.93. The van der Waals surface area contributed by atoms with E-state index >= 15 is 0 Å². The van der Waals surface area contributed by atoms with Crippen molar-refractivity contribution in [3.8, 4) is 0 Å². The van der Waals surface area contributed by atoms with E-state index in [1.807, 2.05) is 0 Å². The van der Waals surface area contributed by atoms with Gasteiger partial charge in [0.25, 0.3) is 0 Å². The Bertz CT molecular complexity index is 688. The first-order chi connectivity index (χ1) is 13.1. The smallest absolute Gasteiger partial charge is 0.341 e. The van der Waals surface area contributed by atoms with Gasteiger partial charge >= 0.3 is 6.18 Å². The number of anilines is 1. The van der Waals surface area contributed by atoms with Gasteiger partial charge in [-0.2, -0.15) is 13.2 Å². The van der Waals surface area contributed by atoms with Crippen LogP contribution < -0.4 is 5.32 Å². The molecule has 2 amide bonds. The number of alkyl halides is 3. The van der Waals surface area contributed by atoms with E-state index in [0.717, 1.165) is 31.7 Å². The van der Waals surface area contributed by atoms with E-state index in [2.05, 4.69) is 5.32 Å². The lowest BCUT2D eigenvalue weighted by atomic mass is 9.94. The van der Waals surface area contributed by atoms with Crippen molar-refractivity contribution in [2.45, 2.75) is 57.3 Å². The number of amides is 2. The maximum absolute atomic E-state index is 13.0. The molecule has 0 bridgehead atoms. The van der Waals surface area contributed by atoms with Gasteiger partial charge in [0.15, 0.2) is 0 Å². The summed E-state index contributed by atoms with van der Waals surface area (Å²) in [6, 6.07) is 4.50. The highest BCUT2D eigenvalue weighted by atomic mass is 19.4. The molecule has 1 fully saturated rings. The second-order valence-corrected chi connectivity index (χ2v) is 7.42. The number of carbonyl (C=O) groups is 2. The van der Waals surface area contributed by atoms with E-state index < -0.39 is 23.7 Å². The van der Waals surface area contributed by atoms with Crippen LogP contribution in [0.2, 0.25) is 0 Å². The molecule has 5 nitrogen and oxygen atoms in total. The molecule has 0 heterocycles. The molecule has 1 saturated carbocycles. The van der Waals surface area contributed by atoms with Crippen LogP contribution in [0.5, 0.6) is 0 Å². The second kappa shape index (κ2) is 9.41. The normalized spacial score (nSPS) is 16.7. The number of rotatable bonds is 6. The van der Waals surface area contributed by atoms with Crippen molar-refractivity contribution in [1.29, 1.82) is 0 Å². The summed E-state index contributed by atoms with van der Waals surface area (Å²) in [4.78, 5) is 28.3. The van der Waals surface area contributed by atoms with E-state index in [0.29, 0.717) is 0 Å². The van der Waals surface area contributed by atoms with Crippen LogP contribution in [-0.4, -0.2) is 54.3 Å². The monoisotopic (exact) mass is 399 g/mol. The summed E-state index contributed by atoms with van der Waals surface area (Å²) in [6.07, 6.45) is 0.803. The fourth-order valence-electron chi connectivity index (χ4n) is 3.52. The Morgan fingerprint density at radius 3 is 2.36 bits per heavy atom. The zero-order chi connectivity index (χ0) is 20.9. The number of halogens is 3. The Morgan fingerprint density at radius 2 is 1.75 bits per heavy atom. The summed E-state index contributed by atoms with van der Waals surface area (Å²) in [5, 5.41) is 2.31. The maximum atomic E-state index is 13.0. The van der Waals surface area contributed by atoms with Crippen LogP contribution in [0.15, 0.2) is 24.3 Å². The molecule has 0 aromatic heterocycles. The Labute approximate surface area is 163 Å². The lowest BCUT2D eigenvalue weighted by Gasteiger charge is -2.35. The lowest BCUT2D eigenvalue weighted by molar-refractivity contribution is -0.138. The predicted molar refractivity (Wildman–Crippen MR) is 102 cm³/mol. The van der Waals surface area contributed by atoms with Gasteiger partial charge in [0, 0.05) is 13.1 Å². The van der Waals surface area contributed by atoms with Crippen LogP contribution >= 0.6 is 0 Å². The second-order valence-electron chi connectivity index (χ2n) is 7.42. The first-order valence-electron chi connectivity index (χ1n) is 9.54. The number of likely N-dealkylation sites (N-methyl/N-ethyl adjacent to an activating group) is 2. The molecule has 1 atom stereocenters. The minimum Gasteiger partial charge on any atom is -0.341 e. The summed E-state index contributed by atoms with van der Waals surface area (Å²) in [5.41, 5.74) is -1.18. The Morgan fingerprint density at radius 1 is 1.14 bits per heavy atom. The SMILES string of the molecule is C[C@H](C(=O)N(C)C1CCCCC1)N(C)CC(=O)Nc1ccccc1C(F)(F)F. The van der Waals surface area contributed by atoms with Gasteiger partial charge in [0.1, 0.15) is 0 Å². The molecule has 28 heavy (non-hydrogen) atoms. The topological polar surface area (TPSA) is 52.7 Å². The quantitative estimate of drug-likeness (QED) is 0.793. The fraction of sp³-hybridized carbons (Fsp3) is 0.600. The van der Waals surface area contributed by atoms with Gasteiger partial charge < -0.3 is 10.2 Å². The van der Waals surface area contributed by atoms with Gasteiger partial charge in [-0.1, -0.05) is 31.4 Å². The van der Waals surface area contributed by atoms with Crippen LogP contribution in [0.25, 0.3) is 0 Å². The van der Waals surface area contributed by atoms with Crippen molar-refractivity contribution in [1.82, 2.24) is 9.80 Å². The Balaban J connectivity index is 1.95. The molecule has 2 rings (SSSR count). The number of nitrogens with zero attached hydrogens (tertiary/aromatic N) is 2. The van der Waals surface area contributed by atoms with E-state index in [4.69, 9.17) is 0 Å². The summed E-state index contributed by atoms with van der Waals surface area (Å²) in [5.74, 6) is -0.683. The highest BCUT2D eigenvalue weighted by Crippen LogP contribution is 2.34. The Kier molecular flexibility index (Phi) is 7.46. The van der Waals surface area contributed by atoms with Crippen molar-refractivity contribution in [3.63, 3.8) is 0 Å². The molecule has 1 aliphatic rings. The minimum atomic E-state index is -4.55. The zero-order valence-corrected chi connectivity index (χ0v) is 16.6. The molecular formula is C20H28F3N3O2.